The summed E-state index contributed by atoms with van der Waals surface area (Å²) in [6, 6.07) is 27.2. The van der Waals surface area contributed by atoms with Gasteiger partial charge in [0.15, 0.2) is 0 Å². The van der Waals surface area contributed by atoms with Gasteiger partial charge in [0.05, 0.1) is 10.6 Å². The van der Waals surface area contributed by atoms with E-state index >= 15 is 0 Å². The number of aryl methyl sites for hydroxylation is 2. The first kappa shape index (κ1) is 65.1. The molecule has 6 rings (SSSR count). The van der Waals surface area contributed by atoms with Crippen LogP contribution in [-0.4, -0.2) is 0 Å². The van der Waals surface area contributed by atoms with Gasteiger partial charge in [-0.3, -0.25) is 0 Å². The third kappa shape index (κ3) is 15.4. The molecular weight excluding hydrogens is 1010 g/mol. The van der Waals surface area contributed by atoms with Gasteiger partial charge in [0.1, 0.15) is 23.0 Å². The van der Waals surface area contributed by atoms with E-state index in [4.69, 9.17) is 18.1 Å². The average Bonchev–Trinajstić information content (AvgIpc) is 3.44. The molecule has 0 radical (unpaired) electrons. The number of hydrogen-bond acceptors (Lipinski definition) is 4. The minimum atomic E-state index is -1.66. The van der Waals surface area contributed by atoms with Crippen LogP contribution in [0.15, 0.2) is 119 Å². The molecule has 0 spiro atoms. The van der Waals surface area contributed by atoms with Crippen LogP contribution in [0.5, 0.6) is 11.5 Å². The van der Waals surface area contributed by atoms with Crippen LogP contribution < -0.4 is 19.7 Å². The van der Waals surface area contributed by atoms with E-state index in [-0.39, 0.29) is 43.3 Å². The Hall–Kier alpha value is -4.10. The maximum atomic E-state index is 7.54. The Morgan fingerprint density at radius 1 is 0.425 bits per heavy atom. The zero-order valence-electron chi connectivity index (χ0n) is 55.8. The number of rotatable bonds is 11. The molecule has 2 aliphatic rings. The van der Waals surface area contributed by atoms with Crippen molar-refractivity contribution in [1.82, 2.24) is 0 Å². The molecule has 0 fully saturated rings. The molecule has 4 aromatic carbocycles. The highest BCUT2D eigenvalue weighted by Crippen LogP contribution is 2.56. The van der Waals surface area contributed by atoms with Crippen molar-refractivity contribution in [2.24, 2.45) is 39.4 Å². The van der Waals surface area contributed by atoms with Crippen LogP contribution in [0.1, 0.15) is 233 Å². The third-order valence-corrected chi connectivity index (χ3v) is 19.5. The van der Waals surface area contributed by atoms with E-state index in [1.165, 1.54) is 55.7 Å². The lowest BCUT2D eigenvalue weighted by molar-refractivity contribution is 0.0850. The van der Waals surface area contributed by atoms with Gasteiger partial charge in [0.25, 0.3) is 0 Å². The first-order valence-corrected chi connectivity index (χ1v) is 32.3. The summed E-state index contributed by atoms with van der Waals surface area (Å²) in [5.41, 5.74) is 14.6. The molecule has 4 nitrogen and oxygen atoms in total. The third-order valence-electron chi connectivity index (χ3n) is 16.5. The quantitative estimate of drug-likeness (QED) is 0.140. The van der Waals surface area contributed by atoms with Gasteiger partial charge in [-0.05, 0) is 175 Å². The average molecular weight is 1120 g/mol. The van der Waals surface area contributed by atoms with Crippen LogP contribution >= 0.6 is 16.8 Å². The predicted molar refractivity (Wildman–Crippen MR) is 350 cm³/mol. The predicted octanol–water partition coefficient (Wildman–Crippen LogP) is 22.5. The van der Waals surface area contributed by atoms with E-state index in [1.807, 2.05) is 0 Å². The van der Waals surface area contributed by atoms with Crippen molar-refractivity contribution in [1.29, 1.82) is 0 Å². The second kappa shape index (κ2) is 23.2. The second-order valence-corrected chi connectivity index (χ2v) is 35.2. The SMILES string of the molecule is CC1=CC(OP(Oc2cc(C)c(C(C)(C)C)cc2C(C)(C)C)c2ccc(-c3ccc(P(OC4=C(C(C)(C)C)C(C)C(C(C)(C)C)C(C)C4)Oc4cc(C)c(C(C)(C)C)cc4C(C)(C)C)cc3)cc2)=C(C(C)(C)C)C=C(C(C)(C)C)C1. The van der Waals surface area contributed by atoms with Gasteiger partial charge < -0.3 is 18.1 Å². The van der Waals surface area contributed by atoms with Crippen LogP contribution in [0.25, 0.3) is 11.1 Å². The van der Waals surface area contributed by atoms with E-state index in [9.17, 15) is 0 Å². The molecule has 4 aromatic rings. The van der Waals surface area contributed by atoms with E-state index in [0.717, 1.165) is 57.6 Å². The van der Waals surface area contributed by atoms with Gasteiger partial charge in [-0.1, -0.05) is 234 Å². The normalized spacial score (nSPS) is 19.3. The maximum absolute atomic E-state index is 7.54. The summed E-state index contributed by atoms with van der Waals surface area (Å²) in [7, 11) is -3.26. The maximum Gasteiger partial charge on any atom is 0.326 e. The topological polar surface area (TPSA) is 36.9 Å². The Labute approximate surface area is 492 Å². The van der Waals surface area contributed by atoms with Gasteiger partial charge in [-0.15, -0.1) is 0 Å². The second-order valence-electron chi connectivity index (χ2n) is 32.4. The molecule has 2 aliphatic carbocycles. The van der Waals surface area contributed by atoms with Gasteiger partial charge in [-0.25, -0.2) is 0 Å². The summed E-state index contributed by atoms with van der Waals surface area (Å²) in [4.78, 5) is 0. The van der Waals surface area contributed by atoms with Crippen molar-refractivity contribution in [3.05, 3.63) is 152 Å². The molecule has 6 heteroatoms. The molecule has 0 aromatic heterocycles. The largest absolute Gasteiger partial charge is 0.440 e. The molecule has 5 unspecified atom stereocenters. The fourth-order valence-electron chi connectivity index (χ4n) is 12.8. The summed E-state index contributed by atoms with van der Waals surface area (Å²) in [6.45, 7) is 67.2. The number of hydrogen-bond donors (Lipinski definition) is 0. The summed E-state index contributed by atoms with van der Waals surface area (Å²) in [5.74, 6) is 5.09. The van der Waals surface area contributed by atoms with Crippen LogP contribution in [-0.2, 0) is 30.7 Å². The van der Waals surface area contributed by atoms with Crippen LogP contribution in [0.3, 0.4) is 0 Å². The molecule has 0 saturated carbocycles. The molecule has 0 N–H and O–H groups in total. The highest BCUT2D eigenvalue weighted by Gasteiger charge is 2.45. The standard InChI is InChI=1S/C74H108O4P2/c1-46-38-53(67(6,7)8)43-58(70(15,16)17)61(39-46)75-79(76-62-40-47(2)56(68(9,10)11)44-59(62)71(18,19)20)54-34-30-51(31-35-54)52-32-36-55(37-33-52)80(77-63-41-48(3)57(69(12,13)14)45-60(63)72(21,22)23)78-64-42-49(4)65(73(24,25)26)50(5)66(64)74(27,28)29/h30-37,39-41,43-45,49-50,65H,38,42H2,1-29H3. The lowest BCUT2D eigenvalue weighted by Gasteiger charge is -2.48. The molecule has 0 heterocycles. The van der Waals surface area contributed by atoms with Gasteiger partial charge in [0.2, 0.25) is 0 Å². The van der Waals surface area contributed by atoms with Crippen molar-refractivity contribution >= 4 is 27.4 Å². The summed E-state index contributed by atoms with van der Waals surface area (Å²) in [5, 5.41) is 2.05. The zero-order chi connectivity index (χ0) is 60.4. The zero-order valence-corrected chi connectivity index (χ0v) is 57.5. The Morgan fingerprint density at radius 2 is 0.825 bits per heavy atom. The van der Waals surface area contributed by atoms with E-state index in [0.29, 0.717) is 17.8 Å². The number of allylic oxidation sites excluding steroid dienone is 7. The minimum absolute atomic E-state index is 0.00968. The Bertz CT molecular complexity index is 2990. The molecule has 0 bridgehead atoms. The molecule has 0 aliphatic heterocycles. The Balaban J connectivity index is 1.49. The van der Waals surface area contributed by atoms with Gasteiger partial charge in [-0.2, -0.15) is 0 Å². The summed E-state index contributed by atoms with van der Waals surface area (Å²) < 4.78 is 29.8. The molecular formula is C74H108O4P2. The van der Waals surface area contributed by atoms with Gasteiger partial charge >= 0.3 is 16.8 Å². The van der Waals surface area contributed by atoms with Crippen molar-refractivity contribution in [2.45, 2.75) is 235 Å². The van der Waals surface area contributed by atoms with E-state index < -0.39 is 16.8 Å². The smallest absolute Gasteiger partial charge is 0.326 e. The highest BCUT2D eigenvalue weighted by atomic mass is 31.2. The lowest BCUT2D eigenvalue weighted by atomic mass is 9.58. The summed E-state index contributed by atoms with van der Waals surface area (Å²) >= 11 is 0. The lowest BCUT2D eigenvalue weighted by Crippen LogP contribution is -2.40. The minimum Gasteiger partial charge on any atom is -0.440 e. The first-order chi connectivity index (χ1) is 36.3. The number of benzene rings is 4. The van der Waals surface area contributed by atoms with Crippen LogP contribution in [0.4, 0.5) is 0 Å². The monoisotopic (exact) mass is 1120 g/mol. The van der Waals surface area contributed by atoms with Crippen molar-refractivity contribution in [3.8, 4) is 22.6 Å². The van der Waals surface area contributed by atoms with E-state index in [2.05, 4.69) is 286 Å². The highest BCUT2D eigenvalue weighted by molar-refractivity contribution is 7.56. The molecule has 80 heavy (non-hydrogen) atoms. The molecule has 0 amide bonds. The first-order valence-electron chi connectivity index (χ1n) is 30.0. The molecule has 5 atom stereocenters. The van der Waals surface area contributed by atoms with Crippen molar-refractivity contribution in [3.63, 3.8) is 0 Å². The fourth-order valence-corrected chi connectivity index (χ4v) is 15.5. The van der Waals surface area contributed by atoms with Crippen molar-refractivity contribution in [2.75, 3.05) is 0 Å². The van der Waals surface area contributed by atoms with Crippen LogP contribution in [0.2, 0.25) is 0 Å². The summed E-state index contributed by atoms with van der Waals surface area (Å²) in [6.07, 6.45) is 6.47. The van der Waals surface area contributed by atoms with Crippen LogP contribution in [0, 0.1) is 53.3 Å². The Kier molecular flexibility index (Phi) is 18.8. The van der Waals surface area contributed by atoms with E-state index in [1.54, 1.807) is 0 Å². The van der Waals surface area contributed by atoms with Crippen molar-refractivity contribution < 1.29 is 18.1 Å². The molecule has 438 valence electrons. The van der Waals surface area contributed by atoms with Gasteiger partial charge in [0, 0.05) is 17.5 Å². The Morgan fingerprint density at radius 3 is 1.18 bits per heavy atom. The molecule has 0 saturated heterocycles. The fraction of sp³-hybridized carbons (Fsp3) is 0.568.